The monoisotopic (exact) mass is 293 g/mol. The largest absolute Gasteiger partial charge is 0.493 e. The maximum Gasteiger partial charge on any atom is 0.203 e. The van der Waals surface area contributed by atoms with E-state index in [1.807, 2.05) is 12.1 Å². The van der Waals surface area contributed by atoms with Crippen LogP contribution in [0.4, 0.5) is 0 Å². The van der Waals surface area contributed by atoms with Crippen molar-refractivity contribution in [1.82, 2.24) is 5.32 Å². The van der Waals surface area contributed by atoms with Crippen LogP contribution in [0.25, 0.3) is 0 Å². The second kappa shape index (κ2) is 7.03. The van der Waals surface area contributed by atoms with E-state index in [0.717, 1.165) is 24.4 Å². The minimum absolute atomic E-state index is 0.518. The van der Waals surface area contributed by atoms with Gasteiger partial charge in [-0.2, -0.15) is 0 Å². The van der Waals surface area contributed by atoms with Crippen molar-refractivity contribution in [3.8, 4) is 17.2 Å². The lowest BCUT2D eigenvalue weighted by Gasteiger charge is -2.41. The molecule has 1 saturated carbocycles. The highest BCUT2D eigenvalue weighted by Gasteiger charge is 2.34. The minimum atomic E-state index is 0.518. The van der Waals surface area contributed by atoms with E-state index < -0.39 is 0 Å². The van der Waals surface area contributed by atoms with Gasteiger partial charge >= 0.3 is 0 Å². The first-order valence-corrected chi connectivity index (χ1v) is 7.68. The Balaban J connectivity index is 2.05. The molecule has 4 heteroatoms. The number of hydrogen-bond acceptors (Lipinski definition) is 4. The van der Waals surface area contributed by atoms with Crippen molar-refractivity contribution >= 4 is 0 Å². The quantitative estimate of drug-likeness (QED) is 0.797. The van der Waals surface area contributed by atoms with Crippen molar-refractivity contribution in [1.29, 1.82) is 0 Å². The summed E-state index contributed by atoms with van der Waals surface area (Å²) in [6, 6.07) is 3.96. The van der Waals surface area contributed by atoms with E-state index in [-0.39, 0.29) is 0 Å². The number of nitrogens with one attached hydrogen (secondary N) is 1. The number of rotatable bonds is 8. The molecule has 1 fully saturated rings. The molecule has 21 heavy (non-hydrogen) atoms. The van der Waals surface area contributed by atoms with Gasteiger partial charge in [-0.25, -0.2) is 0 Å². The van der Waals surface area contributed by atoms with Crippen LogP contribution in [0.2, 0.25) is 0 Å². The molecule has 0 bridgehead atoms. The summed E-state index contributed by atoms with van der Waals surface area (Å²) in [4.78, 5) is 0. The lowest BCUT2D eigenvalue weighted by atomic mass is 9.67. The predicted octanol–water partition coefficient (Wildman–Crippen LogP) is 3.38. The Bertz CT molecular complexity index is 464. The molecule has 0 saturated heterocycles. The van der Waals surface area contributed by atoms with Gasteiger partial charge in [0.2, 0.25) is 5.75 Å². The van der Waals surface area contributed by atoms with Gasteiger partial charge in [0, 0.05) is 18.7 Å². The third-order valence-electron chi connectivity index (χ3n) is 4.77. The van der Waals surface area contributed by atoms with Crippen molar-refractivity contribution in [2.24, 2.45) is 5.41 Å². The van der Waals surface area contributed by atoms with Crippen LogP contribution >= 0.6 is 0 Å². The van der Waals surface area contributed by atoms with Crippen LogP contribution < -0.4 is 19.5 Å². The highest BCUT2D eigenvalue weighted by molar-refractivity contribution is 5.55. The summed E-state index contributed by atoms with van der Waals surface area (Å²) in [6.45, 7) is 4.14. The molecule has 1 N–H and O–H groups in total. The van der Waals surface area contributed by atoms with Gasteiger partial charge in [-0.1, -0.05) is 19.4 Å². The first-order chi connectivity index (χ1) is 10.2. The molecule has 1 aliphatic rings. The molecule has 118 valence electrons. The number of benzene rings is 1. The molecular formula is C17H27NO3. The number of methoxy groups -OCH3 is 3. The molecule has 1 aromatic carbocycles. The Morgan fingerprint density at radius 1 is 1.05 bits per heavy atom. The second-order valence-electron chi connectivity index (χ2n) is 5.80. The summed E-state index contributed by atoms with van der Waals surface area (Å²) in [5.41, 5.74) is 1.62. The number of hydrogen-bond donors (Lipinski definition) is 1. The van der Waals surface area contributed by atoms with Crippen molar-refractivity contribution in [3.05, 3.63) is 17.7 Å². The van der Waals surface area contributed by atoms with Crippen LogP contribution in [0.15, 0.2) is 12.1 Å². The summed E-state index contributed by atoms with van der Waals surface area (Å²) in [6.07, 6.45) is 5.32. The average Bonchev–Trinajstić information content (AvgIpc) is 2.48. The summed E-state index contributed by atoms with van der Waals surface area (Å²) in [5.74, 6) is 2.11. The fourth-order valence-electron chi connectivity index (χ4n) is 3.10. The molecule has 0 heterocycles. The van der Waals surface area contributed by atoms with E-state index in [4.69, 9.17) is 14.2 Å². The van der Waals surface area contributed by atoms with Crippen molar-refractivity contribution in [2.75, 3.05) is 27.9 Å². The van der Waals surface area contributed by atoms with Crippen LogP contribution in [0.3, 0.4) is 0 Å². The van der Waals surface area contributed by atoms with E-state index in [0.29, 0.717) is 16.9 Å². The maximum absolute atomic E-state index is 5.51. The maximum atomic E-state index is 5.51. The van der Waals surface area contributed by atoms with E-state index in [1.54, 1.807) is 21.3 Å². The fraction of sp³-hybridized carbons (Fsp3) is 0.647. The first kappa shape index (κ1) is 16.0. The zero-order valence-electron chi connectivity index (χ0n) is 13.6. The average molecular weight is 293 g/mol. The molecule has 0 atom stereocenters. The first-order valence-electron chi connectivity index (χ1n) is 7.68. The lowest BCUT2D eigenvalue weighted by molar-refractivity contribution is 0.123. The molecule has 0 aromatic heterocycles. The van der Waals surface area contributed by atoms with E-state index in [9.17, 15) is 0 Å². The minimum Gasteiger partial charge on any atom is -0.493 e. The topological polar surface area (TPSA) is 39.7 Å². The third kappa shape index (κ3) is 3.26. The van der Waals surface area contributed by atoms with Gasteiger partial charge in [-0.15, -0.1) is 0 Å². The Morgan fingerprint density at radius 2 is 1.76 bits per heavy atom. The van der Waals surface area contributed by atoms with Crippen molar-refractivity contribution in [3.63, 3.8) is 0 Å². The molecule has 0 aliphatic heterocycles. The molecule has 4 nitrogen and oxygen atoms in total. The molecule has 0 unspecified atom stereocenters. The molecule has 0 spiro atoms. The normalized spacial score (nSPS) is 16.2. The van der Waals surface area contributed by atoms with Crippen LogP contribution in [0.1, 0.15) is 38.2 Å². The van der Waals surface area contributed by atoms with E-state index in [1.165, 1.54) is 25.7 Å². The Hall–Kier alpha value is -1.42. The second-order valence-corrected chi connectivity index (χ2v) is 5.80. The molecule has 2 rings (SSSR count). The van der Waals surface area contributed by atoms with Crippen molar-refractivity contribution < 1.29 is 14.2 Å². The zero-order chi connectivity index (χ0) is 15.3. The molecule has 1 aromatic rings. The van der Waals surface area contributed by atoms with Gasteiger partial charge < -0.3 is 19.5 Å². The molecule has 0 radical (unpaired) electrons. The fourth-order valence-corrected chi connectivity index (χ4v) is 3.10. The van der Waals surface area contributed by atoms with Gasteiger partial charge in [0.05, 0.1) is 21.3 Å². The summed E-state index contributed by atoms with van der Waals surface area (Å²) in [7, 11) is 4.94. The summed E-state index contributed by atoms with van der Waals surface area (Å²) < 4.78 is 16.2. The Labute approximate surface area is 127 Å². The third-order valence-corrected chi connectivity index (χ3v) is 4.77. The standard InChI is InChI=1S/C17H27NO3/c1-5-17(9-6-10-17)12-18-11-13-7-8-14(19-2)16(21-4)15(13)20-3/h7-8,18H,5-6,9-12H2,1-4H3. The van der Waals surface area contributed by atoms with Crippen LogP contribution in [-0.4, -0.2) is 27.9 Å². The lowest BCUT2D eigenvalue weighted by Crippen LogP contribution is -2.39. The Morgan fingerprint density at radius 3 is 2.24 bits per heavy atom. The summed E-state index contributed by atoms with van der Waals surface area (Å²) in [5, 5.41) is 3.58. The van der Waals surface area contributed by atoms with Gasteiger partial charge in [0.1, 0.15) is 0 Å². The highest BCUT2D eigenvalue weighted by atomic mass is 16.5. The smallest absolute Gasteiger partial charge is 0.203 e. The van der Waals surface area contributed by atoms with Gasteiger partial charge in [0.25, 0.3) is 0 Å². The molecule has 1 aliphatic carbocycles. The zero-order valence-corrected chi connectivity index (χ0v) is 13.6. The van der Waals surface area contributed by atoms with E-state index >= 15 is 0 Å². The van der Waals surface area contributed by atoms with Gasteiger partial charge in [0.15, 0.2) is 11.5 Å². The molecular weight excluding hydrogens is 266 g/mol. The summed E-state index contributed by atoms with van der Waals surface area (Å²) >= 11 is 0. The van der Waals surface area contributed by atoms with Crippen molar-refractivity contribution in [2.45, 2.75) is 39.2 Å². The van der Waals surface area contributed by atoms with Crippen LogP contribution in [0, 0.1) is 5.41 Å². The van der Waals surface area contributed by atoms with Crippen LogP contribution in [-0.2, 0) is 6.54 Å². The highest BCUT2D eigenvalue weighted by Crippen LogP contribution is 2.43. The predicted molar refractivity (Wildman–Crippen MR) is 84.4 cm³/mol. The van der Waals surface area contributed by atoms with Crippen LogP contribution in [0.5, 0.6) is 17.2 Å². The Kier molecular flexibility index (Phi) is 5.34. The van der Waals surface area contributed by atoms with E-state index in [2.05, 4.69) is 12.2 Å². The van der Waals surface area contributed by atoms with Gasteiger partial charge in [-0.3, -0.25) is 0 Å². The number of ether oxygens (including phenoxy) is 3. The van der Waals surface area contributed by atoms with Gasteiger partial charge in [-0.05, 0) is 30.7 Å². The molecule has 0 amide bonds. The SMILES string of the molecule is CCC1(CNCc2ccc(OC)c(OC)c2OC)CCC1.